The Balaban J connectivity index is 1.40. The van der Waals surface area contributed by atoms with Gasteiger partial charge >= 0.3 is 0 Å². The average molecular weight is 657 g/mol. The van der Waals surface area contributed by atoms with E-state index in [4.69, 9.17) is 9.97 Å². The van der Waals surface area contributed by atoms with Crippen LogP contribution in [0, 0.1) is 20.8 Å². The van der Waals surface area contributed by atoms with Crippen LogP contribution in [-0.4, -0.2) is 75.0 Å². The van der Waals surface area contributed by atoms with Crippen molar-refractivity contribution in [2.75, 3.05) is 31.1 Å². The fourth-order valence-corrected chi connectivity index (χ4v) is 8.99. The molecule has 0 radical (unpaired) electrons. The number of nitrogens with zero attached hydrogens (tertiary/aromatic N) is 5. The number of H-pyrrole nitrogens is 1. The van der Waals surface area contributed by atoms with Gasteiger partial charge in [-0.3, -0.25) is 14.5 Å². The van der Waals surface area contributed by atoms with Gasteiger partial charge in [-0.25, -0.2) is 22.4 Å². The third kappa shape index (κ3) is 6.07. The molecule has 248 valence electrons. The number of aromatic nitrogens is 4. The molecule has 2 aliphatic rings. The number of hydrogen-bond acceptors (Lipinski definition) is 8. The monoisotopic (exact) mass is 656 g/mol. The highest BCUT2D eigenvalue weighted by Gasteiger charge is 2.54. The van der Waals surface area contributed by atoms with E-state index in [1.165, 1.54) is 3.97 Å². The van der Waals surface area contributed by atoms with E-state index in [2.05, 4.69) is 35.2 Å². The smallest absolute Gasteiger partial charge is 0.251 e. The molecule has 0 bridgehead atoms. The zero-order valence-electron chi connectivity index (χ0n) is 28.0. The molecule has 1 saturated carbocycles. The lowest BCUT2D eigenvalue weighted by Gasteiger charge is -2.36. The number of Topliss-reactive ketones (excluding diaryl/α,β-unsaturated/α-hetero) is 1. The van der Waals surface area contributed by atoms with Crippen molar-refractivity contribution in [1.29, 1.82) is 0 Å². The Morgan fingerprint density at radius 3 is 2.30 bits per heavy atom. The Morgan fingerprint density at radius 2 is 1.70 bits per heavy atom. The minimum atomic E-state index is -3.79. The summed E-state index contributed by atoms with van der Waals surface area (Å²) in [6.45, 7) is 17.3. The quantitative estimate of drug-likeness (QED) is 0.170. The number of carbonyl (C=O) groups excluding carboxylic acids is 1. The topological polar surface area (TPSA) is 121 Å². The summed E-state index contributed by atoms with van der Waals surface area (Å²) < 4.78 is 28.7. The number of pyridine rings is 1. The highest BCUT2D eigenvalue weighted by molar-refractivity contribution is 7.91. The molecular weight excluding hydrogens is 613 g/mol. The van der Waals surface area contributed by atoms with Crippen molar-refractivity contribution in [2.24, 2.45) is 0 Å². The lowest BCUT2D eigenvalue weighted by molar-refractivity contribution is 0.0984. The molecule has 1 aliphatic carbocycles. The fourth-order valence-electron chi connectivity index (χ4n) is 6.93. The van der Waals surface area contributed by atoms with Gasteiger partial charge in [0.05, 0.1) is 10.3 Å². The summed E-state index contributed by atoms with van der Waals surface area (Å²) in [6, 6.07) is 6.04. The summed E-state index contributed by atoms with van der Waals surface area (Å²) in [5.41, 5.74) is 4.91. The SMILES string of the molecule is C=CCC1(S(=O)(=O)n2cc(C)c3c(C(=O)CCc4c(C)cc(C)[nH]c4=O)cc(-c4cnc(N5CCN(C(C)C)CC5)nc4)cc32)CC1. The Morgan fingerprint density at radius 1 is 1.02 bits per heavy atom. The first-order valence-corrected chi connectivity index (χ1v) is 17.8. The van der Waals surface area contributed by atoms with Crippen molar-refractivity contribution >= 4 is 32.7 Å². The van der Waals surface area contributed by atoms with Gasteiger partial charge in [0.1, 0.15) is 0 Å². The van der Waals surface area contributed by atoms with E-state index in [1.54, 1.807) is 24.7 Å². The summed E-state index contributed by atoms with van der Waals surface area (Å²) in [4.78, 5) is 43.6. The maximum absolute atomic E-state index is 14.1. The fraction of sp³-hybridized carbons (Fsp3) is 0.444. The molecule has 47 heavy (non-hydrogen) atoms. The Hall–Kier alpha value is -4.09. The summed E-state index contributed by atoms with van der Waals surface area (Å²) in [7, 11) is -3.79. The predicted molar refractivity (Wildman–Crippen MR) is 187 cm³/mol. The van der Waals surface area contributed by atoms with E-state index < -0.39 is 14.8 Å². The normalized spacial score (nSPS) is 16.6. The van der Waals surface area contributed by atoms with Gasteiger partial charge in [0.15, 0.2) is 5.78 Å². The molecule has 1 N–H and O–H groups in total. The molecule has 0 amide bonds. The van der Waals surface area contributed by atoms with Gasteiger partial charge in [0, 0.05) is 85.0 Å². The van der Waals surface area contributed by atoms with Crippen molar-refractivity contribution in [3.8, 4) is 11.1 Å². The Kier molecular flexibility index (Phi) is 8.73. The second-order valence-corrected chi connectivity index (χ2v) is 15.7. The van der Waals surface area contributed by atoms with Gasteiger partial charge < -0.3 is 9.88 Å². The molecule has 1 saturated heterocycles. The van der Waals surface area contributed by atoms with E-state index in [-0.39, 0.29) is 24.2 Å². The molecule has 0 unspecified atom stereocenters. The van der Waals surface area contributed by atoms with E-state index >= 15 is 0 Å². The predicted octanol–water partition coefficient (Wildman–Crippen LogP) is 5.34. The molecule has 0 atom stereocenters. The number of ketones is 1. The van der Waals surface area contributed by atoms with Crippen LogP contribution in [0.4, 0.5) is 5.95 Å². The number of piperazine rings is 1. The van der Waals surface area contributed by atoms with E-state index in [1.807, 2.05) is 39.0 Å². The van der Waals surface area contributed by atoms with Crippen LogP contribution < -0.4 is 10.5 Å². The van der Waals surface area contributed by atoms with Gasteiger partial charge in [0.25, 0.3) is 5.56 Å². The van der Waals surface area contributed by atoms with Gasteiger partial charge in [-0.05, 0) is 95.2 Å². The molecular formula is C36H44N6O4S. The molecule has 6 rings (SSSR count). The lowest BCUT2D eigenvalue weighted by atomic mass is 9.94. The van der Waals surface area contributed by atoms with Gasteiger partial charge in [-0.2, -0.15) is 0 Å². The minimum Gasteiger partial charge on any atom is -0.338 e. The highest BCUT2D eigenvalue weighted by Crippen LogP contribution is 2.49. The van der Waals surface area contributed by atoms with Crippen LogP contribution in [0.25, 0.3) is 22.0 Å². The van der Waals surface area contributed by atoms with Gasteiger partial charge in [-0.15, -0.1) is 6.58 Å². The number of carbonyl (C=O) groups is 1. The van der Waals surface area contributed by atoms with Crippen molar-refractivity contribution < 1.29 is 13.2 Å². The first-order valence-electron chi connectivity index (χ1n) is 16.4. The van der Waals surface area contributed by atoms with Gasteiger partial charge in [-0.1, -0.05) is 6.08 Å². The summed E-state index contributed by atoms with van der Waals surface area (Å²) >= 11 is 0. The number of hydrogen-bond donors (Lipinski definition) is 1. The summed E-state index contributed by atoms with van der Waals surface area (Å²) in [5, 5.41) is 0.604. The van der Waals surface area contributed by atoms with Crippen molar-refractivity contribution in [2.45, 2.75) is 77.5 Å². The van der Waals surface area contributed by atoms with Crippen molar-refractivity contribution in [1.82, 2.24) is 23.8 Å². The first kappa shape index (κ1) is 32.8. The van der Waals surface area contributed by atoms with Crippen LogP contribution in [0.3, 0.4) is 0 Å². The summed E-state index contributed by atoms with van der Waals surface area (Å²) in [5.74, 6) is 0.484. The maximum atomic E-state index is 14.1. The average Bonchev–Trinajstić information content (AvgIpc) is 3.76. The zero-order chi connectivity index (χ0) is 33.7. The van der Waals surface area contributed by atoms with Gasteiger partial charge in [0.2, 0.25) is 16.0 Å². The first-order chi connectivity index (χ1) is 22.3. The molecule has 1 aromatic carbocycles. The molecule has 3 aromatic heterocycles. The molecule has 0 spiro atoms. The third-order valence-electron chi connectivity index (χ3n) is 9.89. The van der Waals surface area contributed by atoms with Crippen molar-refractivity contribution in [3.63, 3.8) is 0 Å². The second-order valence-electron chi connectivity index (χ2n) is 13.5. The number of aryl methyl sites for hydroxylation is 3. The van der Waals surface area contributed by atoms with Crippen LogP contribution in [0.5, 0.6) is 0 Å². The number of rotatable bonds is 11. The van der Waals surface area contributed by atoms with E-state index in [0.717, 1.165) is 37.4 Å². The van der Waals surface area contributed by atoms with Crippen LogP contribution in [-0.2, 0) is 16.4 Å². The summed E-state index contributed by atoms with van der Waals surface area (Å²) in [6.07, 6.45) is 8.66. The van der Waals surface area contributed by atoms with Crippen LogP contribution in [0.2, 0.25) is 0 Å². The van der Waals surface area contributed by atoms with Crippen LogP contribution >= 0.6 is 0 Å². The largest absolute Gasteiger partial charge is 0.338 e. The molecule has 4 heterocycles. The standard InChI is InChI=1S/C36H44N6O4S/c1-7-10-36(11-12-36)47(45,46)42-22-25(5)33-30(32(43)9-8-29-24(4)17-26(6)39-34(29)44)18-27(19-31(33)42)28-20-37-35(38-21-28)41-15-13-40(14-16-41)23(2)3/h7,17-23H,1,8-16H2,2-6H3,(H,39,44). The van der Waals surface area contributed by atoms with Crippen LogP contribution in [0.1, 0.15) is 72.3 Å². The van der Waals surface area contributed by atoms with E-state index in [9.17, 15) is 18.0 Å². The number of benzene rings is 1. The van der Waals surface area contributed by atoms with Crippen molar-refractivity contribution in [3.05, 3.63) is 87.7 Å². The Bertz CT molecular complexity index is 2010. The molecule has 2 fully saturated rings. The molecule has 4 aromatic rings. The zero-order valence-corrected chi connectivity index (χ0v) is 28.8. The number of nitrogens with one attached hydrogen (secondary N) is 1. The molecule has 10 nitrogen and oxygen atoms in total. The second kappa shape index (κ2) is 12.5. The number of aromatic amines is 1. The number of fused-ring (bicyclic) bond motifs is 1. The number of allylic oxidation sites excluding steroid dienone is 1. The van der Waals surface area contributed by atoms with E-state index in [0.29, 0.717) is 70.0 Å². The number of anilines is 1. The highest BCUT2D eigenvalue weighted by atomic mass is 32.2. The lowest BCUT2D eigenvalue weighted by Crippen LogP contribution is -2.49. The maximum Gasteiger partial charge on any atom is 0.251 e. The molecule has 1 aliphatic heterocycles. The minimum absolute atomic E-state index is 0.0983. The molecule has 11 heteroatoms. The third-order valence-corrected chi connectivity index (χ3v) is 12.4. The Labute approximate surface area is 276 Å². The van der Waals surface area contributed by atoms with Crippen LogP contribution in [0.15, 0.2) is 54.2 Å².